The van der Waals surface area contributed by atoms with E-state index in [1.54, 1.807) is 7.11 Å². The van der Waals surface area contributed by atoms with Crippen molar-refractivity contribution >= 4 is 10.0 Å². The fourth-order valence-electron chi connectivity index (χ4n) is 2.94. The van der Waals surface area contributed by atoms with Crippen molar-refractivity contribution in [3.05, 3.63) is 0 Å². The Bertz CT molecular complexity index is 356. The summed E-state index contributed by atoms with van der Waals surface area (Å²) in [5, 5.41) is 9.86. The number of piperidine rings is 1. The van der Waals surface area contributed by atoms with E-state index in [1.807, 2.05) is 0 Å². The Hall–Kier alpha value is -0.170. The Morgan fingerprint density at radius 1 is 1.38 bits per heavy atom. The maximum absolute atomic E-state index is 11.6. The van der Waals surface area contributed by atoms with Crippen LogP contribution in [0.5, 0.6) is 0 Å². The maximum atomic E-state index is 11.6. The number of rotatable bonds is 2. The minimum Gasteiger partial charge on any atom is -0.393 e. The molecule has 6 heteroatoms. The molecular formula is C10H19NO4S. The third kappa shape index (κ3) is 2.11. The van der Waals surface area contributed by atoms with Gasteiger partial charge in [0.05, 0.1) is 18.5 Å². The highest BCUT2D eigenvalue weighted by Crippen LogP contribution is 2.37. The number of hydrogen-bond donors (Lipinski definition) is 1. The molecule has 0 aromatic rings. The smallest absolute Gasteiger partial charge is 0.211 e. The number of ether oxygens (including phenoxy) is 1. The first-order chi connectivity index (χ1) is 7.43. The highest BCUT2D eigenvalue weighted by Gasteiger charge is 2.45. The molecular weight excluding hydrogens is 230 g/mol. The van der Waals surface area contributed by atoms with Crippen molar-refractivity contribution < 1.29 is 18.3 Å². The van der Waals surface area contributed by atoms with E-state index in [4.69, 9.17) is 4.74 Å². The first kappa shape index (κ1) is 12.3. The van der Waals surface area contributed by atoms with Crippen LogP contribution >= 0.6 is 0 Å². The van der Waals surface area contributed by atoms with Crippen molar-refractivity contribution in [3.8, 4) is 0 Å². The zero-order chi connectivity index (χ0) is 11.9. The van der Waals surface area contributed by atoms with Crippen molar-refractivity contribution in [2.45, 2.75) is 37.5 Å². The molecule has 1 aliphatic carbocycles. The molecule has 0 spiro atoms. The third-order valence-electron chi connectivity index (χ3n) is 3.81. The number of hydrogen-bond acceptors (Lipinski definition) is 4. The molecule has 1 saturated carbocycles. The minimum atomic E-state index is -3.17. The molecule has 5 nitrogen and oxygen atoms in total. The van der Waals surface area contributed by atoms with E-state index in [0.29, 0.717) is 19.4 Å². The van der Waals surface area contributed by atoms with Gasteiger partial charge in [-0.15, -0.1) is 0 Å². The van der Waals surface area contributed by atoms with E-state index >= 15 is 0 Å². The molecule has 1 aliphatic heterocycles. The lowest BCUT2D eigenvalue weighted by molar-refractivity contribution is -0.0833. The van der Waals surface area contributed by atoms with E-state index in [-0.39, 0.29) is 24.2 Å². The Balaban J connectivity index is 2.22. The van der Waals surface area contributed by atoms with Crippen molar-refractivity contribution in [2.24, 2.45) is 5.92 Å². The van der Waals surface area contributed by atoms with Crippen LogP contribution in [-0.4, -0.2) is 56.0 Å². The summed E-state index contributed by atoms with van der Waals surface area (Å²) >= 11 is 0. The quantitative estimate of drug-likeness (QED) is 0.736. The molecule has 2 fully saturated rings. The third-order valence-corrected chi connectivity index (χ3v) is 5.11. The lowest BCUT2D eigenvalue weighted by Gasteiger charge is -2.47. The number of fused-ring (bicyclic) bond motifs is 2. The summed E-state index contributed by atoms with van der Waals surface area (Å²) in [6.07, 6.45) is 2.85. The number of sulfonamides is 1. The fraction of sp³-hybridized carbons (Fsp3) is 1.00. The number of aliphatic hydroxyl groups is 1. The van der Waals surface area contributed by atoms with Crippen LogP contribution in [0.3, 0.4) is 0 Å². The summed E-state index contributed by atoms with van der Waals surface area (Å²) in [5.41, 5.74) is 0. The Morgan fingerprint density at radius 3 is 2.62 bits per heavy atom. The van der Waals surface area contributed by atoms with Crippen molar-refractivity contribution in [2.75, 3.05) is 19.9 Å². The lowest BCUT2D eigenvalue weighted by Crippen LogP contribution is -2.57. The van der Waals surface area contributed by atoms with E-state index in [1.165, 1.54) is 10.6 Å². The van der Waals surface area contributed by atoms with E-state index in [0.717, 1.165) is 6.42 Å². The van der Waals surface area contributed by atoms with Crippen molar-refractivity contribution in [1.29, 1.82) is 0 Å². The van der Waals surface area contributed by atoms with Gasteiger partial charge in [0, 0.05) is 25.6 Å². The van der Waals surface area contributed by atoms with Crippen LogP contribution in [0, 0.1) is 5.92 Å². The molecule has 4 atom stereocenters. The van der Waals surface area contributed by atoms with Crippen LogP contribution in [0.4, 0.5) is 0 Å². The number of aliphatic hydroxyl groups excluding tert-OH is 1. The molecule has 0 radical (unpaired) electrons. The molecule has 16 heavy (non-hydrogen) atoms. The van der Waals surface area contributed by atoms with Gasteiger partial charge in [0.1, 0.15) is 0 Å². The highest BCUT2D eigenvalue weighted by molar-refractivity contribution is 7.88. The lowest BCUT2D eigenvalue weighted by atomic mass is 9.77. The summed E-state index contributed by atoms with van der Waals surface area (Å²) in [6, 6.07) is 0.0507. The minimum absolute atomic E-state index is 0.0507. The van der Waals surface area contributed by atoms with Gasteiger partial charge in [-0.25, -0.2) is 8.42 Å². The monoisotopic (exact) mass is 249 g/mol. The molecule has 1 N–H and O–H groups in total. The molecule has 2 aliphatic rings. The van der Waals surface area contributed by atoms with Gasteiger partial charge in [0.2, 0.25) is 10.0 Å². The first-order valence-electron chi connectivity index (χ1n) is 5.61. The van der Waals surface area contributed by atoms with Gasteiger partial charge in [0.15, 0.2) is 0 Å². The number of methoxy groups -OCH3 is 1. The second-order valence-electron chi connectivity index (χ2n) is 4.80. The Kier molecular flexibility index (Phi) is 3.27. The molecule has 0 aromatic heterocycles. The van der Waals surface area contributed by atoms with Crippen LogP contribution in [0.25, 0.3) is 0 Å². The summed E-state index contributed by atoms with van der Waals surface area (Å²) in [7, 11) is -1.59. The molecule has 0 unspecified atom stereocenters. The van der Waals surface area contributed by atoms with E-state index in [2.05, 4.69) is 0 Å². The zero-order valence-electron chi connectivity index (χ0n) is 9.67. The molecule has 0 amide bonds. The standard InChI is InChI=1S/C10H19NO4S/c1-15-10-6-11(16(2,13)14)7-3-4-9(12)8(10)5-7/h7-10,12H,3-6H2,1-2H3/t7-,8+,9+,10-/m0/s1. The average molecular weight is 249 g/mol. The fourth-order valence-corrected chi connectivity index (χ4v) is 4.10. The van der Waals surface area contributed by atoms with Gasteiger partial charge in [-0.3, -0.25) is 0 Å². The molecule has 1 saturated heterocycles. The van der Waals surface area contributed by atoms with Crippen LogP contribution in [0.2, 0.25) is 0 Å². The normalized spacial score (nSPS) is 40.9. The predicted octanol–water partition coefficient (Wildman–Crippen LogP) is -0.194. The summed E-state index contributed by atoms with van der Waals surface area (Å²) in [4.78, 5) is 0. The molecule has 1 heterocycles. The van der Waals surface area contributed by atoms with E-state index < -0.39 is 10.0 Å². The van der Waals surface area contributed by atoms with Crippen LogP contribution in [-0.2, 0) is 14.8 Å². The largest absolute Gasteiger partial charge is 0.393 e. The second-order valence-corrected chi connectivity index (χ2v) is 6.74. The predicted molar refractivity (Wildman–Crippen MR) is 59.5 cm³/mol. The highest BCUT2D eigenvalue weighted by atomic mass is 32.2. The van der Waals surface area contributed by atoms with Crippen molar-refractivity contribution in [3.63, 3.8) is 0 Å². The van der Waals surface area contributed by atoms with Crippen molar-refractivity contribution in [1.82, 2.24) is 4.31 Å². The maximum Gasteiger partial charge on any atom is 0.211 e. The average Bonchev–Trinajstić information content (AvgIpc) is 2.22. The van der Waals surface area contributed by atoms with Gasteiger partial charge in [-0.2, -0.15) is 4.31 Å². The first-order valence-corrected chi connectivity index (χ1v) is 7.46. The Morgan fingerprint density at radius 2 is 2.06 bits per heavy atom. The zero-order valence-corrected chi connectivity index (χ0v) is 10.5. The molecule has 94 valence electrons. The second kappa shape index (κ2) is 4.25. The molecule has 0 aromatic carbocycles. The number of nitrogens with zero attached hydrogens (tertiary/aromatic N) is 1. The molecule has 2 rings (SSSR count). The van der Waals surface area contributed by atoms with Gasteiger partial charge in [0.25, 0.3) is 0 Å². The van der Waals surface area contributed by atoms with E-state index in [9.17, 15) is 13.5 Å². The van der Waals surface area contributed by atoms with Gasteiger partial charge < -0.3 is 9.84 Å². The summed E-state index contributed by atoms with van der Waals surface area (Å²) in [6.45, 7) is 0.377. The van der Waals surface area contributed by atoms with Gasteiger partial charge in [-0.05, 0) is 19.3 Å². The summed E-state index contributed by atoms with van der Waals surface area (Å²) in [5.74, 6) is 0.0850. The Labute approximate surface area is 96.4 Å². The van der Waals surface area contributed by atoms with Crippen LogP contribution in [0.15, 0.2) is 0 Å². The van der Waals surface area contributed by atoms with Gasteiger partial charge >= 0.3 is 0 Å². The van der Waals surface area contributed by atoms with Crippen LogP contribution in [0.1, 0.15) is 19.3 Å². The molecule has 2 bridgehead atoms. The van der Waals surface area contributed by atoms with Gasteiger partial charge in [-0.1, -0.05) is 0 Å². The van der Waals surface area contributed by atoms with Crippen LogP contribution < -0.4 is 0 Å². The summed E-state index contributed by atoms with van der Waals surface area (Å²) < 4.78 is 30.1. The topological polar surface area (TPSA) is 66.8 Å². The SMILES string of the molecule is CO[C@H]1CN(S(C)(=O)=O)[C@H]2CC[C@@H](O)[C@H]1C2.